The maximum atomic E-state index is 5.62. The third-order valence-electron chi connectivity index (χ3n) is 3.54. The minimum Gasteiger partial charge on any atom is -0.372 e. The molecule has 0 saturated heterocycles. The zero-order chi connectivity index (χ0) is 11.4. The number of anilines is 1. The van der Waals surface area contributed by atoms with Gasteiger partial charge in [0.05, 0.1) is 5.69 Å². The highest BCUT2D eigenvalue weighted by atomic mass is 15.1. The molecule has 0 aliphatic heterocycles. The second kappa shape index (κ2) is 5.30. The molecule has 16 heavy (non-hydrogen) atoms. The number of hydrogen-bond donors (Lipinski definition) is 1. The van der Waals surface area contributed by atoms with Gasteiger partial charge in [-0.2, -0.15) is 0 Å². The maximum absolute atomic E-state index is 5.62. The molecule has 0 bridgehead atoms. The molecule has 0 unspecified atom stereocenters. The topological polar surface area (TPSA) is 42.2 Å². The quantitative estimate of drug-likeness (QED) is 0.848. The first kappa shape index (κ1) is 11.4. The summed E-state index contributed by atoms with van der Waals surface area (Å²) < 4.78 is 0. The van der Waals surface area contributed by atoms with Gasteiger partial charge in [0, 0.05) is 31.5 Å². The minimum absolute atomic E-state index is 0.520. The molecule has 2 N–H and O–H groups in total. The largest absolute Gasteiger partial charge is 0.372 e. The number of aromatic nitrogens is 1. The zero-order valence-electron chi connectivity index (χ0n) is 10.0. The van der Waals surface area contributed by atoms with E-state index in [1.807, 2.05) is 6.20 Å². The van der Waals surface area contributed by atoms with Crippen molar-refractivity contribution in [3.63, 3.8) is 0 Å². The van der Waals surface area contributed by atoms with Crippen molar-refractivity contribution >= 4 is 5.69 Å². The minimum atomic E-state index is 0.520. The Morgan fingerprint density at radius 3 is 2.81 bits per heavy atom. The summed E-state index contributed by atoms with van der Waals surface area (Å²) in [4.78, 5) is 6.62. The van der Waals surface area contributed by atoms with Crippen LogP contribution in [0.3, 0.4) is 0 Å². The van der Waals surface area contributed by atoms with Crippen LogP contribution in [0.2, 0.25) is 0 Å². The lowest BCUT2D eigenvalue weighted by molar-refractivity contribution is 0.427. The Morgan fingerprint density at radius 2 is 2.12 bits per heavy atom. The third kappa shape index (κ3) is 2.53. The van der Waals surface area contributed by atoms with Crippen LogP contribution in [0.25, 0.3) is 0 Å². The average molecular weight is 219 g/mol. The van der Waals surface area contributed by atoms with Crippen LogP contribution >= 0.6 is 0 Å². The molecule has 0 atom stereocenters. The highest BCUT2D eigenvalue weighted by molar-refractivity contribution is 5.46. The SMILES string of the molecule is CN(c1ccnc(CN)c1)C1CCCCC1. The van der Waals surface area contributed by atoms with Crippen LogP contribution in [0.1, 0.15) is 37.8 Å². The van der Waals surface area contributed by atoms with E-state index in [1.165, 1.54) is 37.8 Å². The van der Waals surface area contributed by atoms with Gasteiger partial charge in [-0.15, -0.1) is 0 Å². The van der Waals surface area contributed by atoms with E-state index in [2.05, 4.69) is 29.1 Å². The number of hydrogen-bond acceptors (Lipinski definition) is 3. The standard InChI is InChI=1S/C13H21N3/c1-16(12-5-3-2-4-6-12)13-7-8-15-11(9-13)10-14/h7-9,12H,2-6,10,14H2,1H3. The molecule has 0 aromatic carbocycles. The van der Waals surface area contributed by atoms with Crippen LogP contribution in [0.5, 0.6) is 0 Å². The van der Waals surface area contributed by atoms with Gasteiger partial charge >= 0.3 is 0 Å². The fraction of sp³-hybridized carbons (Fsp3) is 0.615. The molecular formula is C13H21N3. The highest BCUT2D eigenvalue weighted by Crippen LogP contribution is 2.25. The molecule has 1 fully saturated rings. The lowest BCUT2D eigenvalue weighted by Gasteiger charge is -2.33. The van der Waals surface area contributed by atoms with Crippen molar-refractivity contribution in [2.75, 3.05) is 11.9 Å². The number of nitrogens with zero attached hydrogens (tertiary/aromatic N) is 2. The lowest BCUT2D eigenvalue weighted by Crippen LogP contribution is -2.33. The van der Waals surface area contributed by atoms with E-state index in [0.29, 0.717) is 12.6 Å². The monoisotopic (exact) mass is 219 g/mol. The van der Waals surface area contributed by atoms with Crippen molar-refractivity contribution < 1.29 is 0 Å². The van der Waals surface area contributed by atoms with E-state index < -0.39 is 0 Å². The van der Waals surface area contributed by atoms with Crippen LogP contribution in [0.15, 0.2) is 18.3 Å². The second-order valence-electron chi connectivity index (χ2n) is 4.61. The van der Waals surface area contributed by atoms with Gasteiger partial charge in [-0.25, -0.2) is 0 Å². The molecule has 1 heterocycles. The van der Waals surface area contributed by atoms with Crippen molar-refractivity contribution in [1.29, 1.82) is 0 Å². The van der Waals surface area contributed by atoms with Gasteiger partial charge in [-0.05, 0) is 25.0 Å². The van der Waals surface area contributed by atoms with E-state index in [1.54, 1.807) is 0 Å². The van der Waals surface area contributed by atoms with Crippen LogP contribution in [0.4, 0.5) is 5.69 Å². The maximum Gasteiger partial charge on any atom is 0.0560 e. The van der Waals surface area contributed by atoms with Gasteiger partial charge in [0.25, 0.3) is 0 Å². The molecule has 0 radical (unpaired) electrons. The molecule has 1 aromatic heterocycles. The Bertz CT molecular complexity index is 332. The van der Waals surface area contributed by atoms with Gasteiger partial charge in [0.1, 0.15) is 0 Å². The van der Waals surface area contributed by atoms with Crippen LogP contribution in [-0.2, 0) is 6.54 Å². The fourth-order valence-corrected chi connectivity index (χ4v) is 2.48. The number of pyridine rings is 1. The molecule has 0 amide bonds. The summed E-state index contributed by atoms with van der Waals surface area (Å²) in [6, 6.07) is 4.88. The van der Waals surface area contributed by atoms with Crippen LogP contribution in [0, 0.1) is 0 Å². The van der Waals surface area contributed by atoms with E-state index in [4.69, 9.17) is 5.73 Å². The second-order valence-corrected chi connectivity index (χ2v) is 4.61. The van der Waals surface area contributed by atoms with Gasteiger partial charge < -0.3 is 10.6 Å². The summed E-state index contributed by atoms with van der Waals surface area (Å²) in [5.74, 6) is 0. The van der Waals surface area contributed by atoms with Gasteiger partial charge in [0.15, 0.2) is 0 Å². The zero-order valence-corrected chi connectivity index (χ0v) is 10.0. The Kier molecular flexibility index (Phi) is 3.78. The fourth-order valence-electron chi connectivity index (χ4n) is 2.48. The summed E-state index contributed by atoms with van der Waals surface area (Å²) in [6.45, 7) is 0.520. The van der Waals surface area contributed by atoms with Gasteiger partial charge in [-0.1, -0.05) is 19.3 Å². The van der Waals surface area contributed by atoms with Crippen LogP contribution < -0.4 is 10.6 Å². The molecule has 1 aromatic rings. The predicted octanol–water partition coefficient (Wildman–Crippen LogP) is 2.31. The molecule has 1 aliphatic carbocycles. The first-order chi connectivity index (χ1) is 7.81. The Labute approximate surface area is 97.7 Å². The molecule has 1 saturated carbocycles. The first-order valence-electron chi connectivity index (χ1n) is 6.19. The van der Waals surface area contributed by atoms with E-state index >= 15 is 0 Å². The Morgan fingerprint density at radius 1 is 1.38 bits per heavy atom. The molecule has 0 spiro atoms. The van der Waals surface area contributed by atoms with E-state index in [-0.39, 0.29) is 0 Å². The van der Waals surface area contributed by atoms with Gasteiger partial charge in [-0.3, -0.25) is 4.98 Å². The van der Waals surface area contributed by atoms with Crippen molar-refractivity contribution in [1.82, 2.24) is 4.98 Å². The summed E-state index contributed by atoms with van der Waals surface area (Å²) in [5, 5.41) is 0. The van der Waals surface area contributed by atoms with Crippen molar-refractivity contribution in [2.45, 2.75) is 44.7 Å². The first-order valence-corrected chi connectivity index (χ1v) is 6.19. The highest BCUT2D eigenvalue weighted by Gasteiger charge is 2.18. The van der Waals surface area contributed by atoms with Crippen molar-refractivity contribution in [3.05, 3.63) is 24.0 Å². The summed E-state index contributed by atoms with van der Waals surface area (Å²) in [6.07, 6.45) is 8.62. The summed E-state index contributed by atoms with van der Waals surface area (Å²) in [7, 11) is 2.19. The van der Waals surface area contributed by atoms with E-state index in [0.717, 1.165) is 5.69 Å². The molecule has 1 aliphatic rings. The van der Waals surface area contributed by atoms with Crippen molar-refractivity contribution in [3.8, 4) is 0 Å². The third-order valence-corrected chi connectivity index (χ3v) is 3.54. The predicted molar refractivity (Wildman–Crippen MR) is 67.4 cm³/mol. The Balaban J connectivity index is 2.09. The summed E-state index contributed by atoms with van der Waals surface area (Å²) >= 11 is 0. The lowest BCUT2D eigenvalue weighted by atomic mass is 9.94. The van der Waals surface area contributed by atoms with Gasteiger partial charge in [0.2, 0.25) is 0 Å². The number of nitrogens with two attached hydrogens (primary N) is 1. The normalized spacial score (nSPS) is 17.4. The molecule has 3 heteroatoms. The molecule has 2 rings (SSSR count). The molecule has 3 nitrogen and oxygen atoms in total. The molecule has 88 valence electrons. The summed E-state index contributed by atoms with van der Waals surface area (Å²) in [5.41, 5.74) is 7.84. The average Bonchev–Trinajstić information content (AvgIpc) is 2.39. The van der Waals surface area contributed by atoms with Crippen LogP contribution in [-0.4, -0.2) is 18.1 Å². The molecular weight excluding hydrogens is 198 g/mol. The smallest absolute Gasteiger partial charge is 0.0560 e. The number of rotatable bonds is 3. The Hall–Kier alpha value is -1.09. The van der Waals surface area contributed by atoms with Crippen molar-refractivity contribution in [2.24, 2.45) is 5.73 Å². The van der Waals surface area contributed by atoms with E-state index in [9.17, 15) is 0 Å².